The summed E-state index contributed by atoms with van der Waals surface area (Å²) in [4.78, 5) is 2.41. The van der Waals surface area contributed by atoms with Crippen molar-refractivity contribution < 1.29 is 5.11 Å². The van der Waals surface area contributed by atoms with Gasteiger partial charge in [0.1, 0.15) is 0 Å². The predicted molar refractivity (Wildman–Crippen MR) is 55.7 cm³/mol. The van der Waals surface area contributed by atoms with Gasteiger partial charge in [-0.3, -0.25) is 4.90 Å². The third-order valence-corrected chi connectivity index (χ3v) is 3.72. The van der Waals surface area contributed by atoms with Gasteiger partial charge in [-0.1, -0.05) is 20.8 Å². The summed E-state index contributed by atoms with van der Waals surface area (Å²) < 4.78 is 0. The summed E-state index contributed by atoms with van der Waals surface area (Å²) in [6.07, 6.45) is 1.04. The molecule has 2 nitrogen and oxygen atoms in total. The summed E-state index contributed by atoms with van der Waals surface area (Å²) in [5, 5.41) is 9.30. The van der Waals surface area contributed by atoms with Crippen LogP contribution in [0.2, 0.25) is 0 Å². The lowest BCUT2D eigenvalue weighted by Crippen LogP contribution is -2.61. The van der Waals surface area contributed by atoms with Crippen LogP contribution in [0, 0.1) is 11.8 Å². The van der Waals surface area contributed by atoms with Gasteiger partial charge in [-0.05, 0) is 25.2 Å². The molecule has 0 bridgehead atoms. The molecule has 1 rings (SSSR count). The summed E-state index contributed by atoms with van der Waals surface area (Å²) >= 11 is 0. The van der Waals surface area contributed by atoms with Gasteiger partial charge in [0.2, 0.25) is 0 Å². The smallest absolute Gasteiger partial charge is 0.0612 e. The van der Waals surface area contributed by atoms with Gasteiger partial charge in [0.05, 0.1) is 6.61 Å². The van der Waals surface area contributed by atoms with Gasteiger partial charge < -0.3 is 5.11 Å². The SMILES string of the molecule is CCC(C)(CO)N1CC(C(C)C)C1. The average Bonchev–Trinajstić information content (AvgIpc) is 2.00. The molecule has 1 saturated heterocycles. The molecule has 0 spiro atoms. The molecule has 13 heavy (non-hydrogen) atoms. The zero-order valence-corrected chi connectivity index (χ0v) is 9.38. The van der Waals surface area contributed by atoms with Crippen LogP contribution in [0.1, 0.15) is 34.1 Å². The van der Waals surface area contributed by atoms with Crippen molar-refractivity contribution in [2.45, 2.75) is 39.7 Å². The van der Waals surface area contributed by atoms with Crippen LogP contribution in [-0.4, -0.2) is 35.2 Å². The zero-order valence-electron chi connectivity index (χ0n) is 9.38. The molecule has 0 amide bonds. The van der Waals surface area contributed by atoms with Crippen LogP contribution in [0.5, 0.6) is 0 Å². The van der Waals surface area contributed by atoms with E-state index in [1.807, 2.05) is 0 Å². The summed E-state index contributed by atoms with van der Waals surface area (Å²) in [6.45, 7) is 11.5. The fraction of sp³-hybridized carbons (Fsp3) is 1.00. The molecule has 0 aliphatic carbocycles. The lowest BCUT2D eigenvalue weighted by Gasteiger charge is -2.51. The monoisotopic (exact) mass is 185 g/mol. The quantitative estimate of drug-likeness (QED) is 0.721. The van der Waals surface area contributed by atoms with Gasteiger partial charge in [0.25, 0.3) is 0 Å². The number of aliphatic hydroxyl groups excluding tert-OH is 1. The minimum Gasteiger partial charge on any atom is -0.394 e. The Morgan fingerprint density at radius 3 is 2.31 bits per heavy atom. The first kappa shape index (κ1) is 11.0. The minimum absolute atomic E-state index is 0.0331. The molecular weight excluding hydrogens is 162 g/mol. The van der Waals surface area contributed by atoms with E-state index in [-0.39, 0.29) is 12.1 Å². The molecule has 2 heteroatoms. The van der Waals surface area contributed by atoms with Crippen molar-refractivity contribution in [3.05, 3.63) is 0 Å². The van der Waals surface area contributed by atoms with Crippen molar-refractivity contribution in [1.29, 1.82) is 0 Å². The average molecular weight is 185 g/mol. The number of likely N-dealkylation sites (tertiary alicyclic amines) is 1. The van der Waals surface area contributed by atoms with Crippen molar-refractivity contribution in [1.82, 2.24) is 4.90 Å². The molecule has 78 valence electrons. The maximum Gasteiger partial charge on any atom is 0.0612 e. The second-order valence-corrected chi connectivity index (χ2v) is 4.92. The highest BCUT2D eigenvalue weighted by atomic mass is 16.3. The van der Waals surface area contributed by atoms with Crippen LogP contribution in [0.3, 0.4) is 0 Å². The third-order valence-electron chi connectivity index (χ3n) is 3.72. The summed E-state index contributed by atoms with van der Waals surface area (Å²) in [5.41, 5.74) is 0.0331. The molecule has 0 aromatic heterocycles. The van der Waals surface area contributed by atoms with E-state index in [1.54, 1.807) is 0 Å². The van der Waals surface area contributed by atoms with Crippen LogP contribution < -0.4 is 0 Å². The molecule has 0 radical (unpaired) electrons. The van der Waals surface area contributed by atoms with Gasteiger partial charge in [-0.15, -0.1) is 0 Å². The highest BCUT2D eigenvalue weighted by Crippen LogP contribution is 2.31. The van der Waals surface area contributed by atoms with E-state index in [0.29, 0.717) is 0 Å². The second kappa shape index (κ2) is 3.97. The largest absolute Gasteiger partial charge is 0.394 e. The topological polar surface area (TPSA) is 23.5 Å². The number of nitrogens with zero attached hydrogens (tertiary/aromatic N) is 1. The van der Waals surface area contributed by atoms with Gasteiger partial charge in [-0.2, -0.15) is 0 Å². The molecule has 1 fully saturated rings. The zero-order chi connectivity index (χ0) is 10.1. The molecular formula is C11H23NO. The van der Waals surface area contributed by atoms with Gasteiger partial charge in [0, 0.05) is 18.6 Å². The van der Waals surface area contributed by atoms with Crippen molar-refractivity contribution >= 4 is 0 Å². The number of rotatable bonds is 4. The van der Waals surface area contributed by atoms with Crippen LogP contribution in [0.15, 0.2) is 0 Å². The molecule has 1 aliphatic heterocycles. The van der Waals surface area contributed by atoms with Gasteiger partial charge >= 0.3 is 0 Å². The van der Waals surface area contributed by atoms with E-state index in [0.717, 1.165) is 18.3 Å². The highest BCUT2D eigenvalue weighted by Gasteiger charge is 2.39. The van der Waals surface area contributed by atoms with E-state index in [9.17, 15) is 5.11 Å². The fourth-order valence-corrected chi connectivity index (χ4v) is 1.81. The Morgan fingerprint density at radius 1 is 1.46 bits per heavy atom. The number of hydrogen-bond acceptors (Lipinski definition) is 2. The summed E-state index contributed by atoms with van der Waals surface area (Å²) in [7, 11) is 0. The van der Waals surface area contributed by atoms with Crippen LogP contribution in [0.4, 0.5) is 0 Å². The Kier molecular flexibility index (Phi) is 3.36. The maximum atomic E-state index is 9.30. The third kappa shape index (κ3) is 2.05. The first-order valence-corrected chi connectivity index (χ1v) is 5.39. The lowest BCUT2D eigenvalue weighted by atomic mass is 9.83. The van der Waals surface area contributed by atoms with Crippen molar-refractivity contribution in [2.24, 2.45) is 11.8 Å². The molecule has 1 N–H and O–H groups in total. The normalized spacial score (nSPS) is 24.5. The van der Waals surface area contributed by atoms with E-state index in [4.69, 9.17) is 0 Å². The molecule has 1 heterocycles. The molecule has 1 atom stereocenters. The van der Waals surface area contributed by atoms with Crippen LogP contribution in [0.25, 0.3) is 0 Å². The molecule has 1 unspecified atom stereocenters. The molecule has 0 aromatic carbocycles. The Labute approximate surface area is 81.9 Å². The maximum absolute atomic E-state index is 9.30. The van der Waals surface area contributed by atoms with Gasteiger partial charge in [-0.25, -0.2) is 0 Å². The van der Waals surface area contributed by atoms with Crippen molar-refractivity contribution in [3.63, 3.8) is 0 Å². The van der Waals surface area contributed by atoms with E-state index >= 15 is 0 Å². The van der Waals surface area contributed by atoms with E-state index in [2.05, 4.69) is 32.6 Å². The first-order valence-electron chi connectivity index (χ1n) is 5.39. The molecule has 1 aliphatic rings. The number of aliphatic hydroxyl groups is 1. The molecule has 0 aromatic rings. The standard InChI is InChI=1S/C11H23NO/c1-5-11(4,8-13)12-6-10(7-12)9(2)3/h9-10,13H,5-8H2,1-4H3. The number of hydrogen-bond donors (Lipinski definition) is 1. The van der Waals surface area contributed by atoms with E-state index in [1.165, 1.54) is 13.1 Å². The van der Waals surface area contributed by atoms with Crippen LogP contribution in [-0.2, 0) is 0 Å². The Hall–Kier alpha value is -0.0800. The Bertz CT molecular complexity index is 157. The first-order chi connectivity index (χ1) is 6.03. The van der Waals surface area contributed by atoms with Crippen molar-refractivity contribution in [2.75, 3.05) is 19.7 Å². The Balaban J connectivity index is 2.41. The summed E-state index contributed by atoms with van der Waals surface area (Å²) in [6, 6.07) is 0. The lowest BCUT2D eigenvalue weighted by molar-refractivity contribution is -0.0519. The fourth-order valence-electron chi connectivity index (χ4n) is 1.81. The van der Waals surface area contributed by atoms with Gasteiger partial charge in [0.15, 0.2) is 0 Å². The molecule has 0 saturated carbocycles. The Morgan fingerprint density at radius 2 is 2.00 bits per heavy atom. The van der Waals surface area contributed by atoms with E-state index < -0.39 is 0 Å². The van der Waals surface area contributed by atoms with Crippen molar-refractivity contribution in [3.8, 4) is 0 Å². The minimum atomic E-state index is 0.0331. The van der Waals surface area contributed by atoms with Crippen LogP contribution >= 0.6 is 0 Å². The summed E-state index contributed by atoms with van der Waals surface area (Å²) in [5.74, 6) is 1.63. The predicted octanol–water partition coefficient (Wildman–Crippen LogP) is 1.74. The highest BCUT2D eigenvalue weighted by molar-refractivity contribution is 4.93. The second-order valence-electron chi connectivity index (χ2n) is 4.92.